The van der Waals surface area contributed by atoms with E-state index in [4.69, 9.17) is 9.47 Å². The predicted molar refractivity (Wildman–Crippen MR) is 111 cm³/mol. The van der Waals surface area contributed by atoms with Crippen LogP contribution in [0.4, 0.5) is 10.5 Å². The number of amides is 2. The van der Waals surface area contributed by atoms with Gasteiger partial charge in [-0.05, 0) is 49.1 Å². The second kappa shape index (κ2) is 10.6. The molecule has 1 fully saturated rings. The lowest BCUT2D eigenvalue weighted by Gasteiger charge is -2.27. The Hall–Kier alpha value is -2.73. The number of ether oxygens (including phenoxy) is 2. The Kier molecular flexibility index (Phi) is 7.55. The molecule has 28 heavy (non-hydrogen) atoms. The van der Waals surface area contributed by atoms with Gasteiger partial charge in [-0.3, -0.25) is 0 Å². The Morgan fingerprint density at radius 2 is 1.82 bits per heavy atom. The first-order valence-corrected chi connectivity index (χ1v) is 9.87. The molecule has 0 aromatic heterocycles. The van der Waals surface area contributed by atoms with Gasteiger partial charge in [-0.2, -0.15) is 0 Å². The van der Waals surface area contributed by atoms with Crippen molar-refractivity contribution in [2.45, 2.75) is 19.3 Å². The molecule has 1 aliphatic heterocycles. The fourth-order valence-corrected chi connectivity index (χ4v) is 3.14. The molecule has 2 amide bonds. The summed E-state index contributed by atoms with van der Waals surface area (Å²) in [6, 6.07) is 15.8. The van der Waals surface area contributed by atoms with Crippen LogP contribution in [0.2, 0.25) is 0 Å². The number of nitrogens with one attached hydrogen (secondary N) is 2. The van der Waals surface area contributed by atoms with Crippen molar-refractivity contribution in [1.82, 2.24) is 10.2 Å². The van der Waals surface area contributed by atoms with Crippen molar-refractivity contribution in [3.8, 4) is 11.5 Å². The number of unbranched alkanes of at least 4 members (excludes halogenated alkanes) is 1. The van der Waals surface area contributed by atoms with Crippen molar-refractivity contribution in [1.29, 1.82) is 0 Å². The highest BCUT2D eigenvalue weighted by atomic mass is 16.5. The lowest BCUT2D eigenvalue weighted by atomic mass is 10.1. The number of urea groups is 1. The molecule has 0 radical (unpaired) electrons. The molecule has 1 heterocycles. The van der Waals surface area contributed by atoms with Gasteiger partial charge in [-0.1, -0.05) is 18.2 Å². The summed E-state index contributed by atoms with van der Waals surface area (Å²) in [5, 5.41) is 6.22. The first-order valence-electron chi connectivity index (χ1n) is 9.87. The molecule has 0 aliphatic carbocycles. The monoisotopic (exact) mass is 383 g/mol. The highest BCUT2D eigenvalue weighted by molar-refractivity contribution is 5.89. The SMILES string of the molecule is COc1cccc(OCCCCc2ccc(NC(=O)N3CCNCC3)cc2)c1. The number of hydrogen-bond acceptors (Lipinski definition) is 4. The van der Waals surface area contributed by atoms with Gasteiger partial charge in [0.25, 0.3) is 0 Å². The summed E-state index contributed by atoms with van der Waals surface area (Å²) < 4.78 is 11.0. The number of anilines is 1. The Morgan fingerprint density at radius 1 is 1.07 bits per heavy atom. The van der Waals surface area contributed by atoms with Crippen molar-refractivity contribution in [2.24, 2.45) is 0 Å². The first-order chi connectivity index (χ1) is 13.7. The average Bonchev–Trinajstić information content (AvgIpc) is 2.75. The number of benzene rings is 2. The van der Waals surface area contributed by atoms with Crippen LogP contribution in [0.3, 0.4) is 0 Å². The number of methoxy groups -OCH3 is 1. The molecule has 2 N–H and O–H groups in total. The molecule has 6 nitrogen and oxygen atoms in total. The molecule has 3 rings (SSSR count). The zero-order chi connectivity index (χ0) is 19.6. The van der Waals surface area contributed by atoms with Crippen LogP contribution >= 0.6 is 0 Å². The molecule has 1 aliphatic rings. The van der Waals surface area contributed by atoms with E-state index in [2.05, 4.69) is 22.8 Å². The minimum absolute atomic E-state index is 0.0241. The van der Waals surface area contributed by atoms with Crippen molar-refractivity contribution < 1.29 is 14.3 Å². The Labute approximate surface area is 166 Å². The van der Waals surface area contributed by atoms with Crippen LogP contribution in [0.15, 0.2) is 48.5 Å². The summed E-state index contributed by atoms with van der Waals surface area (Å²) in [6.07, 6.45) is 3.03. The third kappa shape index (κ3) is 6.16. The van der Waals surface area contributed by atoms with E-state index in [1.165, 1.54) is 5.56 Å². The van der Waals surface area contributed by atoms with Gasteiger partial charge >= 0.3 is 6.03 Å². The van der Waals surface area contributed by atoms with Crippen LogP contribution in [0.5, 0.6) is 11.5 Å². The van der Waals surface area contributed by atoms with Crippen molar-refractivity contribution in [3.05, 3.63) is 54.1 Å². The normalized spacial score (nSPS) is 13.8. The lowest BCUT2D eigenvalue weighted by Crippen LogP contribution is -2.48. The van der Waals surface area contributed by atoms with E-state index in [1.54, 1.807) is 7.11 Å². The number of carbonyl (C=O) groups is 1. The molecule has 0 saturated carbocycles. The smallest absolute Gasteiger partial charge is 0.321 e. The number of nitrogens with zero attached hydrogens (tertiary/aromatic N) is 1. The molecule has 0 atom stereocenters. The van der Waals surface area contributed by atoms with E-state index in [-0.39, 0.29) is 6.03 Å². The zero-order valence-electron chi connectivity index (χ0n) is 16.4. The summed E-state index contributed by atoms with van der Waals surface area (Å²) in [5.74, 6) is 1.64. The van der Waals surface area contributed by atoms with E-state index >= 15 is 0 Å². The largest absolute Gasteiger partial charge is 0.497 e. The van der Waals surface area contributed by atoms with Crippen LogP contribution < -0.4 is 20.1 Å². The fourth-order valence-electron chi connectivity index (χ4n) is 3.14. The van der Waals surface area contributed by atoms with Crippen LogP contribution in [0, 0.1) is 0 Å². The van der Waals surface area contributed by atoms with Crippen LogP contribution in [0.1, 0.15) is 18.4 Å². The minimum Gasteiger partial charge on any atom is -0.497 e. The highest BCUT2D eigenvalue weighted by Gasteiger charge is 2.15. The van der Waals surface area contributed by atoms with E-state index in [0.29, 0.717) is 6.61 Å². The first kappa shape index (κ1) is 20.0. The third-order valence-electron chi connectivity index (χ3n) is 4.78. The molecule has 0 unspecified atom stereocenters. The summed E-state index contributed by atoms with van der Waals surface area (Å²) in [4.78, 5) is 14.1. The van der Waals surface area contributed by atoms with Crippen molar-refractivity contribution in [3.63, 3.8) is 0 Å². The van der Waals surface area contributed by atoms with Gasteiger partial charge in [0.15, 0.2) is 0 Å². The number of rotatable bonds is 8. The molecule has 2 aromatic rings. The summed E-state index contributed by atoms with van der Waals surface area (Å²) in [6.45, 7) is 3.90. The minimum atomic E-state index is -0.0241. The van der Waals surface area contributed by atoms with E-state index in [9.17, 15) is 4.79 Å². The zero-order valence-corrected chi connectivity index (χ0v) is 16.4. The third-order valence-corrected chi connectivity index (χ3v) is 4.78. The van der Waals surface area contributed by atoms with Crippen LogP contribution in [-0.4, -0.2) is 50.8 Å². The molecule has 0 spiro atoms. The summed E-state index contributed by atoms with van der Waals surface area (Å²) >= 11 is 0. The lowest BCUT2D eigenvalue weighted by molar-refractivity contribution is 0.204. The number of carbonyl (C=O) groups excluding carboxylic acids is 1. The Morgan fingerprint density at radius 3 is 2.57 bits per heavy atom. The van der Waals surface area contributed by atoms with E-state index in [1.807, 2.05) is 41.3 Å². The summed E-state index contributed by atoms with van der Waals surface area (Å²) in [5.41, 5.74) is 2.11. The number of hydrogen-bond donors (Lipinski definition) is 2. The van der Waals surface area contributed by atoms with Gasteiger partial charge < -0.3 is 25.0 Å². The number of piperazine rings is 1. The molecular formula is C22H29N3O3. The summed E-state index contributed by atoms with van der Waals surface area (Å²) in [7, 11) is 1.65. The number of aryl methyl sites for hydroxylation is 1. The molecule has 6 heteroatoms. The maximum absolute atomic E-state index is 12.2. The Bertz CT molecular complexity index is 743. The van der Waals surface area contributed by atoms with Crippen molar-refractivity contribution >= 4 is 11.7 Å². The molecule has 2 aromatic carbocycles. The van der Waals surface area contributed by atoms with Gasteiger partial charge in [0.2, 0.25) is 0 Å². The molecular weight excluding hydrogens is 354 g/mol. The van der Waals surface area contributed by atoms with Gasteiger partial charge in [-0.15, -0.1) is 0 Å². The Balaban J connectivity index is 1.35. The van der Waals surface area contributed by atoms with Crippen LogP contribution in [0.25, 0.3) is 0 Å². The van der Waals surface area contributed by atoms with Gasteiger partial charge in [-0.25, -0.2) is 4.79 Å². The quantitative estimate of drug-likeness (QED) is 0.685. The highest BCUT2D eigenvalue weighted by Crippen LogP contribution is 2.19. The topological polar surface area (TPSA) is 62.8 Å². The standard InChI is InChI=1S/C22H29N3O3/c1-27-20-6-4-7-21(17-20)28-16-3-2-5-18-8-10-19(11-9-18)24-22(26)25-14-12-23-13-15-25/h4,6-11,17,23H,2-3,5,12-16H2,1H3,(H,24,26). The average molecular weight is 383 g/mol. The maximum Gasteiger partial charge on any atom is 0.321 e. The van der Waals surface area contributed by atoms with E-state index < -0.39 is 0 Å². The maximum atomic E-state index is 12.2. The molecule has 150 valence electrons. The fraction of sp³-hybridized carbons (Fsp3) is 0.409. The predicted octanol–water partition coefficient (Wildman–Crippen LogP) is 3.53. The molecule has 0 bridgehead atoms. The van der Waals surface area contributed by atoms with Gasteiger partial charge in [0, 0.05) is 37.9 Å². The second-order valence-corrected chi connectivity index (χ2v) is 6.85. The molecule has 1 saturated heterocycles. The van der Waals surface area contributed by atoms with Crippen molar-refractivity contribution in [2.75, 3.05) is 45.2 Å². The second-order valence-electron chi connectivity index (χ2n) is 6.85. The van der Waals surface area contributed by atoms with Gasteiger partial charge in [0.1, 0.15) is 11.5 Å². The van der Waals surface area contributed by atoms with Crippen LogP contribution in [-0.2, 0) is 6.42 Å². The van der Waals surface area contributed by atoms with Gasteiger partial charge in [0.05, 0.1) is 13.7 Å². The van der Waals surface area contributed by atoms with E-state index in [0.717, 1.165) is 62.6 Å².